The number of carbonyl (C=O) groups is 1. The molecular formula is C29H29BrN2O3S. The highest BCUT2D eigenvalue weighted by molar-refractivity contribution is 9.10. The van der Waals surface area contributed by atoms with Crippen LogP contribution >= 0.6 is 27.7 Å². The molecule has 1 aliphatic rings. The normalized spacial score (nSPS) is 15.7. The van der Waals surface area contributed by atoms with E-state index in [0.29, 0.717) is 41.3 Å². The Morgan fingerprint density at radius 1 is 0.972 bits per heavy atom. The number of hydrogen-bond donors (Lipinski definition) is 0. The Labute approximate surface area is 225 Å². The molecule has 4 rings (SSSR count). The van der Waals surface area contributed by atoms with E-state index in [1.165, 1.54) is 11.8 Å². The molecule has 0 spiro atoms. The summed E-state index contributed by atoms with van der Waals surface area (Å²) in [5.74, 6) is 1.27. The standard InChI is InChI=1S/C29H29BrN2O3S/c1-5-32-28(33)27(36-29(32)31-24-15-19(3)7-8-20(24)4)17-22-11-14-25(26(16-22)34-6-2)35-18-21-9-12-23(30)13-10-21/h7-17H,5-6,18H2,1-4H3/b27-17+,31-29?. The molecule has 0 aliphatic carbocycles. The molecule has 36 heavy (non-hydrogen) atoms. The fourth-order valence-electron chi connectivity index (χ4n) is 3.71. The number of amides is 1. The van der Waals surface area contributed by atoms with Gasteiger partial charge in [0.25, 0.3) is 5.91 Å². The Morgan fingerprint density at radius 3 is 2.47 bits per heavy atom. The summed E-state index contributed by atoms with van der Waals surface area (Å²) in [4.78, 5) is 20.3. The molecule has 0 saturated carbocycles. The van der Waals surface area contributed by atoms with Crippen LogP contribution in [0.25, 0.3) is 6.08 Å². The lowest BCUT2D eigenvalue weighted by Crippen LogP contribution is -2.28. The van der Waals surface area contributed by atoms with Gasteiger partial charge in [0.05, 0.1) is 17.2 Å². The van der Waals surface area contributed by atoms with E-state index in [1.54, 1.807) is 4.90 Å². The lowest BCUT2D eigenvalue weighted by atomic mass is 10.1. The van der Waals surface area contributed by atoms with E-state index in [0.717, 1.165) is 32.4 Å². The Balaban J connectivity index is 1.58. The minimum Gasteiger partial charge on any atom is -0.490 e. The molecule has 0 unspecified atom stereocenters. The van der Waals surface area contributed by atoms with Gasteiger partial charge in [-0.15, -0.1) is 0 Å². The summed E-state index contributed by atoms with van der Waals surface area (Å²) in [6.07, 6.45) is 1.89. The number of aliphatic imine (C=N–C) groups is 1. The summed E-state index contributed by atoms with van der Waals surface area (Å²) in [5, 5.41) is 0.696. The van der Waals surface area contributed by atoms with Gasteiger partial charge >= 0.3 is 0 Å². The van der Waals surface area contributed by atoms with Crippen LogP contribution in [-0.4, -0.2) is 29.1 Å². The number of aryl methyl sites for hydroxylation is 2. The number of carbonyl (C=O) groups excluding carboxylic acids is 1. The first-order chi connectivity index (χ1) is 17.4. The van der Waals surface area contributed by atoms with Crippen molar-refractivity contribution in [2.45, 2.75) is 34.3 Å². The van der Waals surface area contributed by atoms with Gasteiger partial charge in [0.1, 0.15) is 6.61 Å². The molecule has 1 fully saturated rings. The van der Waals surface area contributed by atoms with E-state index in [2.05, 4.69) is 28.1 Å². The molecule has 0 radical (unpaired) electrons. The van der Waals surface area contributed by atoms with Gasteiger partial charge in [-0.2, -0.15) is 0 Å². The van der Waals surface area contributed by atoms with E-state index < -0.39 is 0 Å². The van der Waals surface area contributed by atoms with Crippen molar-refractivity contribution in [2.75, 3.05) is 13.2 Å². The molecule has 0 bridgehead atoms. The third-order valence-electron chi connectivity index (χ3n) is 5.66. The second-order valence-electron chi connectivity index (χ2n) is 8.40. The zero-order chi connectivity index (χ0) is 25.7. The van der Waals surface area contributed by atoms with Gasteiger partial charge in [0, 0.05) is 11.0 Å². The Hall–Kier alpha value is -3.03. The van der Waals surface area contributed by atoms with Gasteiger partial charge in [0.2, 0.25) is 0 Å². The average Bonchev–Trinajstić information content (AvgIpc) is 3.15. The monoisotopic (exact) mass is 564 g/mol. The highest BCUT2D eigenvalue weighted by Gasteiger charge is 2.32. The van der Waals surface area contributed by atoms with Gasteiger partial charge in [0.15, 0.2) is 16.7 Å². The number of ether oxygens (including phenoxy) is 2. The van der Waals surface area contributed by atoms with E-state index >= 15 is 0 Å². The molecule has 7 heteroatoms. The third kappa shape index (κ3) is 6.20. The Kier molecular flexibility index (Phi) is 8.54. The highest BCUT2D eigenvalue weighted by Crippen LogP contribution is 2.36. The molecule has 1 saturated heterocycles. The first kappa shape index (κ1) is 26.0. The lowest BCUT2D eigenvalue weighted by Gasteiger charge is -2.13. The number of likely N-dealkylation sites (N-methyl/N-ethyl adjacent to an activating group) is 1. The van der Waals surface area contributed by atoms with E-state index in [1.807, 2.05) is 82.3 Å². The zero-order valence-electron chi connectivity index (χ0n) is 20.9. The number of rotatable bonds is 8. The summed E-state index contributed by atoms with van der Waals surface area (Å²) in [6.45, 7) is 9.48. The van der Waals surface area contributed by atoms with Crippen LogP contribution in [0, 0.1) is 13.8 Å². The number of amidine groups is 1. The van der Waals surface area contributed by atoms with Crippen molar-refractivity contribution in [1.29, 1.82) is 0 Å². The summed E-state index contributed by atoms with van der Waals surface area (Å²) in [7, 11) is 0. The number of halogens is 1. The molecule has 186 valence electrons. The fourth-order valence-corrected chi connectivity index (χ4v) is 5.03. The van der Waals surface area contributed by atoms with Crippen LogP contribution in [-0.2, 0) is 11.4 Å². The molecular weight excluding hydrogens is 536 g/mol. The zero-order valence-corrected chi connectivity index (χ0v) is 23.3. The van der Waals surface area contributed by atoms with Gasteiger partial charge in [-0.1, -0.05) is 46.3 Å². The molecule has 0 aromatic heterocycles. The van der Waals surface area contributed by atoms with Crippen LogP contribution in [0.2, 0.25) is 0 Å². The van der Waals surface area contributed by atoms with Crippen LogP contribution in [0.15, 0.2) is 75.0 Å². The largest absolute Gasteiger partial charge is 0.490 e. The van der Waals surface area contributed by atoms with E-state index in [-0.39, 0.29) is 5.91 Å². The maximum absolute atomic E-state index is 13.2. The Morgan fingerprint density at radius 2 is 1.75 bits per heavy atom. The molecule has 3 aromatic rings. The van der Waals surface area contributed by atoms with Crippen molar-refractivity contribution in [3.8, 4) is 11.5 Å². The molecule has 1 amide bonds. The van der Waals surface area contributed by atoms with Gasteiger partial charge in [-0.3, -0.25) is 9.69 Å². The summed E-state index contributed by atoms with van der Waals surface area (Å²) in [6, 6.07) is 19.9. The van der Waals surface area contributed by atoms with Crippen LogP contribution in [0.3, 0.4) is 0 Å². The minimum absolute atomic E-state index is 0.0416. The molecule has 5 nitrogen and oxygen atoms in total. The quantitative estimate of drug-likeness (QED) is 0.263. The highest BCUT2D eigenvalue weighted by atomic mass is 79.9. The van der Waals surface area contributed by atoms with Crippen LogP contribution in [0.4, 0.5) is 5.69 Å². The van der Waals surface area contributed by atoms with E-state index in [9.17, 15) is 4.79 Å². The number of nitrogens with zero attached hydrogens (tertiary/aromatic N) is 2. The van der Waals surface area contributed by atoms with E-state index in [4.69, 9.17) is 14.5 Å². The van der Waals surface area contributed by atoms with Gasteiger partial charge < -0.3 is 9.47 Å². The third-order valence-corrected chi connectivity index (χ3v) is 7.19. The first-order valence-corrected chi connectivity index (χ1v) is 13.5. The molecule has 0 N–H and O–H groups in total. The molecule has 1 aliphatic heterocycles. The maximum atomic E-state index is 13.2. The maximum Gasteiger partial charge on any atom is 0.266 e. The smallest absolute Gasteiger partial charge is 0.266 e. The van der Waals surface area contributed by atoms with Crippen LogP contribution in [0.1, 0.15) is 36.1 Å². The molecule has 0 atom stereocenters. The predicted molar refractivity (Wildman–Crippen MR) is 152 cm³/mol. The average molecular weight is 566 g/mol. The van der Waals surface area contributed by atoms with Crippen molar-refractivity contribution in [3.05, 3.63) is 92.3 Å². The topological polar surface area (TPSA) is 51.1 Å². The summed E-state index contributed by atoms with van der Waals surface area (Å²) < 4.78 is 12.9. The first-order valence-electron chi connectivity index (χ1n) is 11.9. The number of benzene rings is 3. The van der Waals surface area contributed by atoms with Gasteiger partial charge in [-0.05, 0) is 98.1 Å². The second kappa shape index (κ2) is 11.8. The SMILES string of the molecule is CCOc1cc(/C=C2/SC(=Nc3cc(C)ccc3C)N(CC)C2=O)ccc1OCc1ccc(Br)cc1. The summed E-state index contributed by atoms with van der Waals surface area (Å²) in [5.41, 5.74) is 5.04. The second-order valence-corrected chi connectivity index (χ2v) is 10.3. The van der Waals surface area contributed by atoms with Crippen LogP contribution < -0.4 is 9.47 Å². The molecule has 1 heterocycles. The minimum atomic E-state index is -0.0416. The number of thioether (sulfide) groups is 1. The van der Waals surface area contributed by atoms with Gasteiger partial charge in [-0.25, -0.2) is 4.99 Å². The Bertz CT molecular complexity index is 1320. The van der Waals surface area contributed by atoms with Crippen molar-refractivity contribution in [2.24, 2.45) is 4.99 Å². The summed E-state index contributed by atoms with van der Waals surface area (Å²) >= 11 is 4.85. The predicted octanol–water partition coefficient (Wildman–Crippen LogP) is 7.67. The van der Waals surface area contributed by atoms with Crippen LogP contribution in [0.5, 0.6) is 11.5 Å². The van der Waals surface area contributed by atoms with Crippen molar-refractivity contribution < 1.29 is 14.3 Å². The molecule has 3 aromatic carbocycles. The number of hydrogen-bond acceptors (Lipinski definition) is 5. The van der Waals surface area contributed by atoms with Crippen molar-refractivity contribution in [3.63, 3.8) is 0 Å². The van der Waals surface area contributed by atoms with Crippen molar-refractivity contribution in [1.82, 2.24) is 4.90 Å². The lowest BCUT2D eigenvalue weighted by molar-refractivity contribution is -0.122. The fraction of sp³-hybridized carbons (Fsp3) is 0.241. The van der Waals surface area contributed by atoms with Crippen molar-refractivity contribution >= 4 is 50.5 Å².